The van der Waals surface area contributed by atoms with E-state index < -0.39 is 0 Å². The molecule has 0 aromatic carbocycles. The highest BCUT2D eigenvalue weighted by atomic mass is 16.3. The fraction of sp³-hybridized carbons (Fsp3) is 0.733. The number of hydrogen-bond donors (Lipinski definition) is 3. The van der Waals surface area contributed by atoms with Crippen molar-refractivity contribution in [2.24, 2.45) is 5.92 Å². The summed E-state index contributed by atoms with van der Waals surface area (Å²) in [5, 5.41) is 16.6. The lowest BCUT2D eigenvalue weighted by atomic mass is 9.96. The van der Waals surface area contributed by atoms with Gasteiger partial charge in [-0.1, -0.05) is 33.6 Å². The van der Waals surface area contributed by atoms with Crippen molar-refractivity contribution in [2.45, 2.75) is 53.1 Å². The molecule has 5 nitrogen and oxygen atoms in total. The van der Waals surface area contributed by atoms with Gasteiger partial charge >= 0.3 is 0 Å². The average molecular weight is 280 g/mol. The molecule has 1 atom stereocenters. The molecular formula is C15H28N4O. The summed E-state index contributed by atoms with van der Waals surface area (Å²) in [5.41, 5.74) is 0.987. The van der Waals surface area contributed by atoms with E-state index in [1.165, 1.54) is 0 Å². The van der Waals surface area contributed by atoms with E-state index in [2.05, 4.69) is 34.4 Å². The van der Waals surface area contributed by atoms with Gasteiger partial charge in [0.1, 0.15) is 17.5 Å². The van der Waals surface area contributed by atoms with E-state index in [1.54, 1.807) is 0 Å². The second kappa shape index (κ2) is 8.04. The first-order valence-electron chi connectivity index (χ1n) is 7.54. The molecule has 0 bridgehead atoms. The summed E-state index contributed by atoms with van der Waals surface area (Å²) in [5.74, 6) is 2.79. The van der Waals surface area contributed by atoms with E-state index in [0.717, 1.165) is 42.3 Å². The maximum absolute atomic E-state index is 10.2. The van der Waals surface area contributed by atoms with Crippen LogP contribution in [0.3, 0.4) is 0 Å². The molecule has 20 heavy (non-hydrogen) atoms. The van der Waals surface area contributed by atoms with Crippen LogP contribution in [0.4, 0.5) is 11.6 Å². The van der Waals surface area contributed by atoms with Crippen LogP contribution < -0.4 is 10.6 Å². The van der Waals surface area contributed by atoms with Crippen molar-refractivity contribution in [3.8, 4) is 0 Å². The molecule has 0 aliphatic rings. The van der Waals surface area contributed by atoms with Gasteiger partial charge in [-0.2, -0.15) is 0 Å². The highest BCUT2D eigenvalue weighted by Crippen LogP contribution is 2.21. The molecule has 1 aromatic heterocycles. The Morgan fingerprint density at radius 1 is 1.10 bits per heavy atom. The van der Waals surface area contributed by atoms with Crippen molar-refractivity contribution < 1.29 is 5.11 Å². The second-order valence-electron chi connectivity index (χ2n) is 5.09. The van der Waals surface area contributed by atoms with Crippen molar-refractivity contribution >= 4 is 11.6 Å². The Bertz CT molecular complexity index is 419. The molecule has 5 heteroatoms. The maximum atomic E-state index is 10.2. The third-order valence-corrected chi connectivity index (χ3v) is 3.82. The third-order valence-electron chi connectivity index (χ3n) is 3.82. The second-order valence-corrected chi connectivity index (χ2v) is 5.09. The van der Waals surface area contributed by atoms with E-state index in [-0.39, 0.29) is 6.10 Å². The van der Waals surface area contributed by atoms with Crippen LogP contribution in [0.25, 0.3) is 0 Å². The van der Waals surface area contributed by atoms with Gasteiger partial charge < -0.3 is 15.7 Å². The number of nitrogens with one attached hydrogen (secondary N) is 2. The van der Waals surface area contributed by atoms with Crippen molar-refractivity contribution in [3.63, 3.8) is 0 Å². The van der Waals surface area contributed by atoms with E-state index in [4.69, 9.17) is 0 Å². The molecular weight excluding hydrogens is 252 g/mol. The topological polar surface area (TPSA) is 70.1 Å². The Morgan fingerprint density at radius 2 is 1.70 bits per heavy atom. The van der Waals surface area contributed by atoms with Gasteiger partial charge in [0.05, 0.1) is 6.10 Å². The monoisotopic (exact) mass is 280 g/mol. The molecule has 0 saturated heterocycles. The van der Waals surface area contributed by atoms with Gasteiger partial charge in [0.25, 0.3) is 0 Å². The minimum absolute atomic E-state index is 0.332. The molecule has 1 heterocycles. The fourth-order valence-corrected chi connectivity index (χ4v) is 2.34. The highest BCUT2D eigenvalue weighted by Gasteiger charge is 2.16. The number of aromatic nitrogens is 2. The Kier molecular flexibility index (Phi) is 6.71. The number of anilines is 2. The zero-order valence-electron chi connectivity index (χ0n) is 13.3. The molecule has 3 N–H and O–H groups in total. The Balaban J connectivity index is 2.81. The maximum Gasteiger partial charge on any atom is 0.134 e. The summed E-state index contributed by atoms with van der Waals surface area (Å²) in [4.78, 5) is 8.95. The predicted octanol–water partition coefficient (Wildman–Crippen LogP) is 2.60. The number of aliphatic hydroxyl groups excluding tert-OH is 1. The average Bonchev–Trinajstić information content (AvgIpc) is 2.47. The number of hydrogen-bond acceptors (Lipinski definition) is 5. The van der Waals surface area contributed by atoms with Crippen molar-refractivity contribution in [3.05, 3.63) is 11.4 Å². The molecule has 0 aliphatic heterocycles. The molecule has 1 rings (SSSR count). The molecule has 0 aliphatic carbocycles. The summed E-state index contributed by atoms with van der Waals surface area (Å²) in [6.45, 7) is 8.77. The number of aryl methyl sites for hydroxylation is 1. The third kappa shape index (κ3) is 4.07. The van der Waals surface area contributed by atoms with Gasteiger partial charge in [0, 0.05) is 25.6 Å². The SMILES string of the molecule is CCc1nc(NC)c(C)c(NCC(O)C(CC)CC)n1. The van der Waals surface area contributed by atoms with Crippen LogP contribution in [-0.4, -0.2) is 34.8 Å². The van der Waals surface area contributed by atoms with Crippen LogP contribution in [-0.2, 0) is 6.42 Å². The zero-order chi connectivity index (χ0) is 15.1. The summed E-state index contributed by atoms with van der Waals surface area (Å²) < 4.78 is 0. The Hall–Kier alpha value is -1.36. The molecule has 0 saturated carbocycles. The van der Waals surface area contributed by atoms with Crippen LogP contribution >= 0.6 is 0 Å². The van der Waals surface area contributed by atoms with Gasteiger partial charge in [-0.05, 0) is 12.8 Å². The molecule has 114 valence electrons. The van der Waals surface area contributed by atoms with Gasteiger partial charge in [0.2, 0.25) is 0 Å². The zero-order valence-corrected chi connectivity index (χ0v) is 13.3. The fourth-order valence-electron chi connectivity index (χ4n) is 2.34. The number of nitrogens with zero attached hydrogens (tertiary/aromatic N) is 2. The summed E-state index contributed by atoms with van der Waals surface area (Å²) in [6, 6.07) is 0. The van der Waals surface area contributed by atoms with Crippen LogP contribution in [0.2, 0.25) is 0 Å². The van der Waals surface area contributed by atoms with E-state index in [9.17, 15) is 5.11 Å². The van der Waals surface area contributed by atoms with Crippen molar-refractivity contribution in [2.75, 3.05) is 24.2 Å². The molecule has 0 radical (unpaired) electrons. The lowest BCUT2D eigenvalue weighted by Crippen LogP contribution is -2.28. The summed E-state index contributed by atoms with van der Waals surface area (Å²) >= 11 is 0. The first-order chi connectivity index (χ1) is 9.57. The molecule has 0 fully saturated rings. The molecule has 1 aromatic rings. The van der Waals surface area contributed by atoms with E-state index in [0.29, 0.717) is 12.5 Å². The van der Waals surface area contributed by atoms with Gasteiger partial charge in [0.15, 0.2) is 0 Å². The Labute approximate surface area is 122 Å². The van der Waals surface area contributed by atoms with Crippen LogP contribution in [0.5, 0.6) is 0 Å². The molecule has 1 unspecified atom stereocenters. The summed E-state index contributed by atoms with van der Waals surface area (Å²) in [7, 11) is 1.86. The minimum atomic E-state index is -0.345. The predicted molar refractivity (Wildman–Crippen MR) is 84.3 cm³/mol. The van der Waals surface area contributed by atoms with Gasteiger partial charge in [-0.15, -0.1) is 0 Å². The van der Waals surface area contributed by atoms with E-state index in [1.807, 2.05) is 20.9 Å². The number of aliphatic hydroxyl groups is 1. The lowest BCUT2D eigenvalue weighted by Gasteiger charge is -2.21. The van der Waals surface area contributed by atoms with Crippen LogP contribution in [0.15, 0.2) is 0 Å². The quantitative estimate of drug-likeness (QED) is 0.683. The molecule has 0 spiro atoms. The Morgan fingerprint density at radius 3 is 2.20 bits per heavy atom. The smallest absolute Gasteiger partial charge is 0.134 e. The lowest BCUT2D eigenvalue weighted by molar-refractivity contribution is 0.114. The first kappa shape index (κ1) is 16.7. The van der Waals surface area contributed by atoms with Crippen LogP contribution in [0, 0.1) is 12.8 Å². The highest BCUT2D eigenvalue weighted by molar-refractivity contribution is 5.57. The van der Waals surface area contributed by atoms with Gasteiger partial charge in [-0.3, -0.25) is 0 Å². The summed E-state index contributed by atoms with van der Waals surface area (Å²) in [6.07, 6.45) is 2.43. The normalized spacial score (nSPS) is 12.6. The van der Waals surface area contributed by atoms with Gasteiger partial charge in [-0.25, -0.2) is 9.97 Å². The largest absolute Gasteiger partial charge is 0.391 e. The first-order valence-corrected chi connectivity index (χ1v) is 7.54. The standard InChI is InChI=1S/C15H28N4O/c1-6-11(7-2)12(20)9-17-15-10(4)14(16-5)18-13(8-3)19-15/h11-12,20H,6-9H2,1-5H3,(H2,16,17,18,19). The van der Waals surface area contributed by atoms with Crippen molar-refractivity contribution in [1.82, 2.24) is 9.97 Å². The van der Waals surface area contributed by atoms with E-state index >= 15 is 0 Å². The van der Waals surface area contributed by atoms with Crippen LogP contribution in [0.1, 0.15) is 45.0 Å². The van der Waals surface area contributed by atoms with Crippen molar-refractivity contribution in [1.29, 1.82) is 0 Å². The molecule has 0 amide bonds. The number of rotatable bonds is 8. The minimum Gasteiger partial charge on any atom is -0.391 e.